The number of nitrogens with zero attached hydrogens (tertiary/aromatic N) is 2. The van der Waals surface area contributed by atoms with E-state index in [1.54, 1.807) is 0 Å². The molecule has 0 aliphatic rings. The summed E-state index contributed by atoms with van der Waals surface area (Å²) >= 11 is 0. The average molecular weight is 569 g/mol. The quantitative estimate of drug-likeness (QED) is 0.135. The number of aryl methyl sites for hydroxylation is 6. The molecule has 8 nitrogen and oxygen atoms in total. The van der Waals surface area contributed by atoms with Crippen LogP contribution in [0.2, 0.25) is 0 Å². The van der Waals surface area contributed by atoms with Gasteiger partial charge in [0.05, 0.1) is 29.3 Å². The van der Waals surface area contributed by atoms with Gasteiger partial charge in [-0.1, -0.05) is 37.1 Å². The number of hydrogen-bond acceptors (Lipinski definition) is 5. The van der Waals surface area contributed by atoms with E-state index in [-0.39, 0.29) is 0 Å². The number of para-hydroxylation sites is 2. The second-order valence-corrected chi connectivity index (χ2v) is 11.5. The van der Waals surface area contributed by atoms with Crippen LogP contribution in [0.4, 0.5) is 11.4 Å². The monoisotopic (exact) mass is 568 g/mol. The molecule has 0 saturated carbocycles. The van der Waals surface area contributed by atoms with E-state index < -0.39 is 10.4 Å². The fraction of sp³-hybridized carbons (Fsp3) is 0.419. The maximum atomic E-state index is 9.33. The fourth-order valence-corrected chi connectivity index (χ4v) is 5.10. The molecule has 0 aliphatic heterocycles. The van der Waals surface area contributed by atoms with Gasteiger partial charge in [0.25, 0.3) is 0 Å². The van der Waals surface area contributed by atoms with Gasteiger partial charge >= 0.3 is 10.4 Å². The molecule has 0 amide bonds. The van der Waals surface area contributed by atoms with E-state index >= 15 is 0 Å². The predicted molar refractivity (Wildman–Crippen MR) is 163 cm³/mol. The van der Waals surface area contributed by atoms with Gasteiger partial charge in [0.2, 0.25) is 11.0 Å². The Morgan fingerprint density at radius 1 is 0.725 bits per heavy atom. The Morgan fingerprint density at radius 2 is 1.10 bits per heavy atom. The van der Waals surface area contributed by atoms with Crippen LogP contribution in [0.1, 0.15) is 48.2 Å². The van der Waals surface area contributed by atoms with Crippen LogP contribution in [0.3, 0.4) is 0 Å². The molecule has 216 valence electrons. The Kier molecular flexibility index (Phi) is 10.8. The number of nitrogens with one attached hydrogen (secondary N) is 2. The lowest BCUT2D eigenvalue weighted by atomic mass is 10.1. The van der Waals surface area contributed by atoms with E-state index in [2.05, 4.69) is 114 Å². The number of fused-ring (bicyclic) bond motifs is 2. The van der Waals surface area contributed by atoms with E-state index in [1.165, 1.54) is 81.4 Å². The molecule has 9 heteroatoms. The highest BCUT2D eigenvalue weighted by Crippen LogP contribution is 2.25. The van der Waals surface area contributed by atoms with E-state index in [0.717, 1.165) is 20.2 Å². The minimum atomic E-state index is -4.16. The van der Waals surface area contributed by atoms with Gasteiger partial charge < -0.3 is 10.6 Å². The van der Waals surface area contributed by atoms with Crippen molar-refractivity contribution in [2.45, 2.75) is 53.4 Å². The highest BCUT2D eigenvalue weighted by molar-refractivity contribution is 7.80. The molecule has 0 saturated heterocycles. The first-order chi connectivity index (χ1) is 18.9. The maximum absolute atomic E-state index is 9.33. The van der Waals surface area contributed by atoms with Crippen molar-refractivity contribution in [3.63, 3.8) is 0 Å². The van der Waals surface area contributed by atoms with Gasteiger partial charge in [-0.05, 0) is 38.8 Å². The molecule has 0 fully saturated rings. The Morgan fingerprint density at radius 3 is 1.45 bits per heavy atom. The van der Waals surface area contributed by atoms with Crippen molar-refractivity contribution in [2.24, 2.45) is 14.1 Å². The molecular formula is C31H44N4O4S+2. The molecule has 0 bridgehead atoms. The molecule has 0 spiro atoms. The van der Waals surface area contributed by atoms with Crippen LogP contribution in [0.15, 0.2) is 48.5 Å². The van der Waals surface area contributed by atoms with Crippen LogP contribution in [-0.4, -0.2) is 33.2 Å². The molecule has 40 heavy (non-hydrogen) atoms. The number of hydrogen-bond donors (Lipinski definition) is 3. The summed E-state index contributed by atoms with van der Waals surface area (Å²) < 4.78 is 34.3. The zero-order valence-electron chi connectivity index (χ0n) is 24.8. The summed E-state index contributed by atoms with van der Waals surface area (Å²) in [4.78, 5) is 0. The van der Waals surface area contributed by atoms with Gasteiger partial charge in [-0.25, -0.2) is 0 Å². The zero-order chi connectivity index (χ0) is 29.4. The van der Waals surface area contributed by atoms with Gasteiger partial charge in [0.1, 0.15) is 14.1 Å². The molecule has 0 atom stereocenters. The Bertz CT molecular complexity index is 1480. The van der Waals surface area contributed by atoms with Crippen molar-refractivity contribution >= 4 is 43.6 Å². The average Bonchev–Trinajstić information content (AvgIpc) is 2.90. The molecule has 0 radical (unpaired) electrons. The van der Waals surface area contributed by atoms with Crippen LogP contribution >= 0.6 is 0 Å². The molecule has 2 aromatic carbocycles. The summed E-state index contributed by atoms with van der Waals surface area (Å²) in [6.07, 6.45) is 4.87. The van der Waals surface area contributed by atoms with Gasteiger partial charge in [-0.2, -0.15) is 17.6 Å². The van der Waals surface area contributed by atoms with Crippen molar-refractivity contribution in [1.29, 1.82) is 0 Å². The molecule has 4 aromatic rings. The van der Waals surface area contributed by atoms with Crippen molar-refractivity contribution in [1.82, 2.24) is 0 Å². The van der Waals surface area contributed by atoms with Gasteiger partial charge in [0, 0.05) is 50.2 Å². The highest BCUT2D eigenvalue weighted by Gasteiger charge is 2.16. The Labute approximate surface area is 239 Å². The minimum absolute atomic E-state index is 0.870. The fourth-order valence-electron chi connectivity index (χ4n) is 5.10. The van der Waals surface area contributed by atoms with E-state index in [4.69, 9.17) is 4.55 Å². The Hall–Kier alpha value is -3.27. The van der Waals surface area contributed by atoms with Gasteiger partial charge in [-0.15, -0.1) is 0 Å². The second kappa shape index (κ2) is 13.9. The molecule has 0 aliphatic carbocycles. The summed E-state index contributed by atoms with van der Waals surface area (Å²) in [5.74, 6) is 0. The first kappa shape index (κ1) is 31.3. The summed E-state index contributed by atoms with van der Waals surface area (Å²) in [5.41, 5.74) is 10.4. The summed E-state index contributed by atoms with van der Waals surface area (Å²) in [5, 5.41) is 10.0. The number of pyridine rings is 2. The number of rotatable bonds is 10. The topological polar surface area (TPSA) is 95.4 Å². The van der Waals surface area contributed by atoms with Crippen molar-refractivity contribution < 1.29 is 26.3 Å². The first-order valence-corrected chi connectivity index (χ1v) is 15.1. The van der Waals surface area contributed by atoms with Gasteiger partial charge in [0.15, 0.2) is 11.4 Å². The summed E-state index contributed by atoms with van der Waals surface area (Å²) in [6, 6.07) is 17.7. The smallest absolute Gasteiger partial charge is 0.384 e. The normalized spacial score (nSPS) is 11.4. The SMILES string of the molecule is COS(=O)(=O)O.Cc1cccc2c(NCCCCCCNc3cc(C)[n+](C)c4c(C)cccc34)cc(C)[n+](C)c12. The van der Waals surface area contributed by atoms with Crippen LogP contribution in [0.25, 0.3) is 21.8 Å². The number of unbranched alkanes of at least 4 members (excludes halogenated alkanes) is 3. The third-order valence-corrected chi connectivity index (χ3v) is 7.86. The predicted octanol–water partition coefficient (Wildman–Crippen LogP) is 5.40. The molecular weight excluding hydrogens is 524 g/mol. The Balaban J connectivity index is 0.000000663. The molecule has 2 aromatic heterocycles. The number of benzene rings is 2. The standard InChI is InChI=1S/C30H38N4.CH4O4S/c1-21-13-11-15-25-27(19-23(3)33(5)29(21)25)31-17-9-7-8-10-18-32-28-20-24(4)34(6)30-22(2)14-12-16-26(28)30;1-5-6(2,3)4/h11-16,19-20H,7-10,17-18H2,1-6H3;1H3,(H,2,3,4)/p+2. The number of aromatic nitrogens is 2. The highest BCUT2D eigenvalue weighted by atomic mass is 32.3. The molecule has 0 unspecified atom stereocenters. The third kappa shape index (κ3) is 7.90. The van der Waals surface area contributed by atoms with Crippen LogP contribution in [0.5, 0.6) is 0 Å². The maximum Gasteiger partial charge on any atom is 0.397 e. The van der Waals surface area contributed by atoms with Crippen molar-refractivity contribution in [2.75, 3.05) is 30.8 Å². The van der Waals surface area contributed by atoms with E-state index in [9.17, 15) is 8.42 Å². The zero-order valence-corrected chi connectivity index (χ0v) is 25.7. The van der Waals surface area contributed by atoms with Crippen LogP contribution in [-0.2, 0) is 28.7 Å². The van der Waals surface area contributed by atoms with E-state index in [1.807, 2.05) is 0 Å². The molecule has 2 heterocycles. The summed E-state index contributed by atoms with van der Waals surface area (Å²) in [6.45, 7) is 10.8. The molecule has 3 N–H and O–H groups in total. The largest absolute Gasteiger partial charge is 0.397 e. The second-order valence-electron chi connectivity index (χ2n) is 10.3. The number of anilines is 2. The van der Waals surface area contributed by atoms with Gasteiger partial charge in [-0.3, -0.25) is 8.74 Å². The van der Waals surface area contributed by atoms with Crippen molar-refractivity contribution in [3.8, 4) is 0 Å². The third-order valence-electron chi connectivity index (χ3n) is 7.44. The lowest BCUT2D eigenvalue weighted by Crippen LogP contribution is -2.33. The lowest BCUT2D eigenvalue weighted by molar-refractivity contribution is -0.651. The lowest BCUT2D eigenvalue weighted by Gasteiger charge is -2.12. The van der Waals surface area contributed by atoms with Crippen LogP contribution in [0, 0.1) is 27.7 Å². The van der Waals surface area contributed by atoms with E-state index in [0.29, 0.717) is 0 Å². The first-order valence-electron chi connectivity index (χ1n) is 13.7. The summed E-state index contributed by atoms with van der Waals surface area (Å²) in [7, 11) is 1.02. The van der Waals surface area contributed by atoms with Crippen molar-refractivity contribution in [3.05, 3.63) is 71.0 Å². The minimum Gasteiger partial charge on any atom is -0.384 e. The molecule has 4 rings (SSSR count). The van der Waals surface area contributed by atoms with Crippen LogP contribution < -0.4 is 19.8 Å².